The summed E-state index contributed by atoms with van der Waals surface area (Å²) in [5, 5.41) is -3.64. The highest BCUT2D eigenvalue weighted by Crippen LogP contribution is 2.42. The maximum atomic E-state index is 9.97. The van der Waals surface area contributed by atoms with Crippen LogP contribution in [0.25, 0.3) is 99.2 Å². The topological polar surface area (TPSA) is 23.0 Å². The van der Waals surface area contributed by atoms with Crippen molar-refractivity contribution in [2.24, 2.45) is 0 Å². The summed E-state index contributed by atoms with van der Waals surface area (Å²) in [6.45, 7) is 0. The molecule has 0 saturated heterocycles. The molecule has 11 aromatic rings. The molecule has 0 N–H and O–H groups in total. The van der Waals surface area contributed by atoms with Gasteiger partial charge in [-0.25, -0.2) is 0 Å². The van der Waals surface area contributed by atoms with Crippen molar-refractivity contribution < 1.29 is 45.5 Å². The van der Waals surface area contributed by atoms with E-state index in [1.807, 2.05) is 0 Å². The Morgan fingerprint density at radius 1 is 0.392 bits per heavy atom. The molecule has 0 spiro atoms. The van der Waals surface area contributed by atoms with Gasteiger partial charge in [0.15, 0.2) is 0 Å². The molecule has 0 atom stereocenters. The second kappa shape index (κ2) is 10.8. The molecule has 3 heteroatoms. The number of rotatable bonds is 4. The van der Waals surface area contributed by atoms with Crippen LogP contribution >= 0.6 is 0 Å². The lowest BCUT2D eigenvalue weighted by atomic mass is 10.0. The fourth-order valence-electron chi connectivity index (χ4n) is 6.26. The van der Waals surface area contributed by atoms with E-state index in [2.05, 4.69) is 0 Å². The third kappa shape index (κ3) is 4.12. The van der Waals surface area contributed by atoms with Crippen LogP contribution in [-0.2, 0) is 0 Å². The van der Waals surface area contributed by atoms with E-state index in [0.29, 0.717) is 0 Å². The van der Waals surface area contributed by atoms with Gasteiger partial charge in [-0.3, -0.25) is 0 Å². The Balaban J connectivity index is 1.36. The Labute approximate surface area is 336 Å². The lowest BCUT2D eigenvalue weighted by Gasteiger charge is -2.10. The van der Waals surface area contributed by atoms with Gasteiger partial charge >= 0.3 is 0 Å². The minimum absolute atomic E-state index is 0.571. The van der Waals surface area contributed by atoms with E-state index in [1.165, 1.54) is 0 Å². The molecule has 3 heterocycles. The fourth-order valence-corrected chi connectivity index (χ4v) is 6.26. The quantitative estimate of drug-likeness (QED) is 0.181. The second-order valence-corrected chi connectivity index (χ2v) is 11.0. The summed E-state index contributed by atoms with van der Waals surface area (Å²) >= 11 is 0. The van der Waals surface area contributed by atoms with Crippen LogP contribution in [0.2, 0.25) is 0 Å². The van der Waals surface area contributed by atoms with E-state index in [4.69, 9.17) is 31.8 Å². The molecule has 0 aliphatic carbocycles. The largest absolute Gasteiger partial charge is 0.455 e. The molecule has 0 aliphatic heterocycles. The molecule has 51 heavy (non-hydrogen) atoms. The molecular weight excluding hydrogens is 621 g/mol. The minimum atomic E-state index is -1.08. The Kier molecular flexibility index (Phi) is 2.47. The number of benzene rings is 8. The average Bonchev–Trinajstić information content (AvgIpc) is 2.23. The first-order valence-corrected chi connectivity index (χ1v) is 15.0. The highest BCUT2D eigenvalue weighted by molar-refractivity contribution is 6.17. The lowest BCUT2D eigenvalue weighted by Crippen LogP contribution is -1.94. The Bertz CT molecular complexity index is 4820. The highest BCUT2D eigenvalue weighted by atomic mass is 16.3. The van der Waals surface area contributed by atoms with Crippen LogP contribution in [0.1, 0.15) is 41.1 Å². The van der Waals surface area contributed by atoms with Crippen LogP contribution in [0, 0.1) is 0 Å². The number of nitrogens with zero attached hydrogens (tertiary/aromatic N) is 2. The van der Waals surface area contributed by atoms with Gasteiger partial charge in [-0.1, -0.05) is 121 Å². The SMILES string of the molecule is [2H]c1c([2H])c([2H])c(-c2c([2H])c([2H])c([2H])c3c2oc2c([2H])c([2H])c([2H])c(-n4c5c([2H])c([2H])c([2H])c([2H])c5c5c([2H])c(-c6c([2H])c([2H])c7c(c6[2H])c6c([2H])c([2H])c([2H])c([2H])c6n7-c6c([2H])c([2H])c([2H])c([2H])c6[2H])c([2H])c([2H])c54)c23)c([2H])c1[2H]. The zero-order chi connectivity index (χ0) is 59.6. The van der Waals surface area contributed by atoms with Crippen molar-refractivity contribution >= 4 is 65.6 Å². The molecule has 0 amide bonds. The van der Waals surface area contributed by atoms with Crippen molar-refractivity contribution in [1.82, 2.24) is 9.13 Å². The van der Waals surface area contributed by atoms with E-state index >= 15 is 0 Å². The highest BCUT2D eigenvalue weighted by Gasteiger charge is 2.20. The number of fused-ring (bicyclic) bond motifs is 9. The van der Waals surface area contributed by atoms with Crippen LogP contribution in [0.4, 0.5) is 0 Å². The molecule has 11 rings (SSSR count). The molecule has 0 aliphatic rings. The first-order valence-electron chi connectivity index (χ1n) is 30.0. The van der Waals surface area contributed by atoms with Gasteiger partial charge in [0.2, 0.25) is 0 Å². The second-order valence-electron chi connectivity index (χ2n) is 11.0. The summed E-state index contributed by atoms with van der Waals surface area (Å²) in [7, 11) is 0. The molecule has 0 fully saturated rings. The van der Waals surface area contributed by atoms with Gasteiger partial charge in [0.25, 0.3) is 0 Å². The van der Waals surface area contributed by atoms with Gasteiger partial charge in [0, 0.05) is 38.2 Å². The normalized spacial score (nSPS) is 20.2. The number of hydrogen-bond donors (Lipinski definition) is 0. The minimum Gasteiger partial charge on any atom is -0.455 e. The lowest BCUT2D eigenvalue weighted by molar-refractivity contribution is 0.670. The van der Waals surface area contributed by atoms with Crippen molar-refractivity contribution in [1.29, 1.82) is 0 Å². The maximum absolute atomic E-state index is 9.97. The van der Waals surface area contributed by atoms with E-state index < -0.39 is 280 Å². The van der Waals surface area contributed by atoms with Crippen LogP contribution < -0.4 is 0 Å². The molecule has 0 bridgehead atoms. The summed E-state index contributed by atoms with van der Waals surface area (Å²) in [6, 6.07) is -27.8. The number of furan rings is 1. The van der Waals surface area contributed by atoms with Gasteiger partial charge in [-0.05, 0) is 77.1 Å². The maximum Gasteiger partial charge on any atom is 0.143 e. The summed E-state index contributed by atoms with van der Waals surface area (Å²) in [6.07, 6.45) is 0. The third-order valence-corrected chi connectivity index (χ3v) is 8.35. The number of hydrogen-bond acceptors (Lipinski definition) is 1. The Hall–Kier alpha value is -6.84. The number of aromatic nitrogens is 2. The number of para-hydroxylation sites is 4. The first-order chi connectivity index (χ1) is 37.8. The monoisotopic (exact) mass is 680 g/mol. The molecule has 0 saturated carbocycles. The van der Waals surface area contributed by atoms with Crippen molar-refractivity contribution in [2.45, 2.75) is 0 Å². The zero-order valence-electron chi connectivity index (χ0n) is 55.3. The van der Waals surface area contributed by atoms with Crippen LogP contribution in [-0.4, -0.2) is 9.13 Å². The molecular formula is C48H30N2O. The Morgan fingerprint density at radius 2 is 0.941 bits per heavy atom. The van der Waals surface area contributed by atoms with Crippen molar-refractivity contribution in [3.63, 3.8) is 0 Å². The van der Waals surface area contributed by atoms with E-state index in [9.17, 15) is 13.7 Å². The van der Waals surface area contributed by atoms with Crippen LogP contribution in [0.3, 0.4) is 0 Å². The first kappa shape index (κ1) is 11.6. The molecule has 3 aromatic heterocycles. The summed E-state index contributed by atoms with van der Waals surface area (Å²) in [5.41, 5.74) is -8.53. The van der Waals surface area contributed by atoms with Gasteiger partial charge in [0.1, 0.15) is 11.2 Å². The van der Waals surface area contributed by atoms with E-state index in [0.717, 1.165) is 9.13 Å². The predicted molar refractivity (Wildman–Crippen MR) is 213 cm³/mol. The van der Waals surface area contributed by atoms with Crippen LogP contribution in [0.5, 0.6) is 0 Å². The Morgan fingerprint density at radius 3 is 1.65 bits per heavy atom. The molecule has 8 aromatic carbocycles. The zero-order valence-corrected chi connectivity index (χ0v) is 25.3. The third-order valence-electron chi connectivity index (χ3n) is 8.35. The predicted octanol–water partition coefficient (Wildman–Crippen LogP) is 13.1. The summed E-state index contributed by atoms with van der Waals surface area (Å²) in [5.74, 6) is 0. The van der Waals surface area contributed by atoms with Crippen molar-refractivity contribution in [3.05, 3.63) is 181 Å². The van der Waals surface area contributed by atoms with Gasteiger partial charge in [-0.2, -0.15) is 0 Å². The van der Waals surface area contributed by atoms with Crippen molar-refractivity contribution in [2.75, 3.05) is 0 Å². The van der Waals surface area contributed by atoms with E-state index in [1.54, 1.807) is 0 Å². The average molecular weight is 681 g/mol. The molecule has 0 radical (unpaired) electrons. The smallest absolute Gasteiger partial charge is 0.143 e. The van der Waals surface area contributed by atoms with Gasteiger partial charge in [-0.15, -0.1) is 0 Å². The molecule has 0 unspecified atom stereocenters. The van der Waals surface area contributed by atoms with Gasteiger partial charge in [0.05, 0.1) is 74.3 Å². The molecule has 238 valence electrons. The van der Waals surface area contributed by atoms with Crippen molar-refractivity contribution in [3.8, 4) is 33.6 Å². The standard InChI is InChI=1S/C48H30N2O/c1-3-13-31(14-4-1)35-19-11-20-38-47-45(23-12-24-46(47)51-48(35)38)50-42-22-10-8-18-37(42)40-30-33(26-28-44(40)50)32-25-27-43-39(29-32)36-17-7-9-21-41(36)49(43)34-15-5-2-6-16-34/h1-30H/i1D,2D,3D,4D,5D,6D,7D,8D,9D,10D,11D,12D,13D,14D,15D,16D,17D,18D,19D,20D,21D,22D,23D,24D,25D,26D,27D,28D,29D,30D. The van der Waals surface area contributed by atoms with E-state index in [-0.39, 0.29) is 0 Å². The summed E-state index contributed by atoms with van der Waals surface area (Å²) in [4.78, 5) is 0. The fraction of sp³-hybridized carbons (Fsp3) is 0. The van der Waals surface area contributed by atoms with Crippen LogP contribution in [0.15, 0.2) is 186 Å². The van der Waals surface area contributed by atoms with Gasteiger partial charge < -0.3 is 13.6 Å². The molecule has 3 nitrogen and oxygen atoms in total. The summed E-state index contributed by atoms with van der Waals surface area (Å²) < 4.78 is 277.